The van der Waals surface area contributed by atoms with Gasteiger partial charge in [0.2, 0.25) is 0 Å². The maximum absolute atomic E-state index is 12.7. The monoisotopic (exact) mass is 286 g/mol. The van der Waals surface area contributed by atoms with E-state index in [0.29, 0.717) is 18.7 Å². The van der Waals surface area contributed by atoms with Crippen molar-refractivity contribution in [3.63, 3.8) is 0 Å². The fourth-order valence-electron chi connectivity index (χ4n) is 2.73. The molecule has 3 rings (SSSR count). The quantitative estimate of drug-likeness (QED) is 0.881. The van der Waals surface area contributed by atoms with Crippen LogP contribution in [0, 0.1) is 6.92 Å². The Morgan fingerprint density at radius 1 is 1.48 bits per heavy atom. The summed E-state index contributed by atoms with van der Waals surface area (Å²) < 4.78 is 1.95. The summed E-state index contributed by atoms with van der Waals surface area (Å²) in [6.07, 6.45) is 2.36. The Balaban J connectivity index is 1.92. The topological polar surface area (TPSA) is 71.2 Å². The van der Waals surface area contributed by atoms with Crippen LogP contribution in [-0.4, -0.2) is 43.1 Å². The highest BCUT2D eigenvalue weighted by Gasteiger charge is 2.32. The lowest BCUT2D eigenvalue weighted by atomic mass is 10.0. The first-order valence-electron chi connectivity index (χ1n) is 6.94. The van der Waals surface area contributed by atoms with Crippen LogP contribution in [0.4, 0.5) is 0 Å². The number of rotatable bonds is 2. The number of nitrogens with zero attached hydrogens (tertiary/aromatic N) is 4. The number of hydrogen-bond acceptors (Lipinski definition) is 4. The van der Waals surface area contributed by atoms with Gasteiger partial charge in [-0.15, -0.1) is 0 Å². The minimum Gasteiger partial charge on any atom is -0.394 e. The minimum absolute atomic E-state index is 0.0673. The first-order valence-corrected chi connectivity index (χ1v) is 6.94. The molecule has 0 radical (unpaired) electrons. The number of aliphatic hydroxyl groups excluding tert-OH is 1. The molecular weight excluding hydrogens is 268 g/mol. The highest BCUT2D eigenvalue weighted by Crippen LogP contribution is 2.23. The van der Waals surface area contributed by atoms with Crippen LogP contribution in [0.1, 0.15) is 27.6 Å². The molecule has 0 saturated heterocycles. The Hall–Kier alpha value is -2.21. The van der Waals surface area contributed by atoms with Gasteiger partial charge in [0.1, 0.15) is 5.69 Å². The van der Waals surface area contributed by atoms with E-state index in [4.69, 9.17) is 0 Å². The number of amides is 1. The van der Waals surface area contributed by atoms with Gasteiger partial charge in [-0.1, -0.05) is 6.07 Å². The Morgan fingerprint density at radius 2 is 2.29 bits per heavy atom. The zero-order chi connectivity index (χ0) is 15.0. The van der Waals surface area contributed by atoms with Crippen molar-refractivity contribution in [2.24, 2.45) is 7.05 Å². The summed E-state index contributed by atoms with van der Waals surface area (Å²) in [5.41, 5.74) is 3.18. The predicted octanol–water partition coefficient (Wildman–Crippen LogP) is 0.683. The van der Waals surface area contributed by atoms with Crippen molar-refractivity contribution in [1.29, 1.82) is 0 Å². The molecule has 0 spiro atoms. The molecular formula is C15H18N4O2. The van der Waals surface area contributed by atoms with Crippen molar-refractivity contribution in [3.8, 4) is 0 Å². The van der Waals surface area contributed by atoms with Gasteiger partial charge in [0.05, 0.1) is 31.2 Å². The van der Waals surface area contributed by atoms with Crippen molar-refractivity contribution in [2.75, 3.05) is 6.61 Å². The number of aromatic nitrogens is 3. The molecule has 21 heavy (non-hydrogen) atoms. The maximum atomic E-state index is 12.7. The lowest BCUT2D eigenvalue weighted by Gasteiger charge is -2.34. The highest BCUT2D eigenvalue weighted by atomic mass is 16.3. The molecule has 1 amide bonds. The van der Waals surface area contributed by atoms with Crippen molar-refractivity contribution < 1.29 is 9.90 Å². The van der Waals surface area contributed by atoms with Crippen LogP contribution in [0.2, 0.25) is 0 Å². The fraction of sp³-hybridized carbons (Fsp3) is 0.400. The summed E-state index contributed by atoms with van der Waals surface area (Å²) in [7, 11) is 1.93. The number of carbonyl (C=O) groups is 1. The molecule has 6 nitrogen and oxygen atoms in total. The summed E-state index contributed by atoms with van der Waals surface area (Å²) in [6.45, 7) is 2.20. The number of imidazole rings is 1. The number of aliphatic hydroxyl groups is 1. The van der Waals surface area contributed by atoms with E-state index in [9.17, 15) is 9.90 Å². The van der Waals surface area contributed by atoms with Crippen molar-refractivity contribution in [3.05, 3.63) is 47.3 Å². The van der Waals surface area contributed by atoms with E-state index in [1.54, 1.807) is 17.3 Å². The molecule has 2 aromatic rings. The second kappa shape index (κ2) is 5.29. The third-order valence-electron chi connectivity index (χ3n) is 3.91. The molecule has 0 saturated carbocycles. The van der Waals surface area contributed by atoms with Crippen LogP contribution in [-0.2, 0) is 20.0 Å². The normalized spacial score (nSPS) is 17.7. The zero-order valence-electron chi connectivity index (χ0n) is 12.2. The highest BCUT2D eigenvalue weighted by molar-refractivity contribution is 5.92. The third kappa shape index (κ3) is 2.42. The van der Waals surface area contributed by atoms with Gasteiger partial charge in [-0.05, 0) is 19.1 Å². The molecule has 3 heterocycles. The standard InChI is InChI=1S/C15H18N4O2/c1-10-4-3-5-12(17-10)15(21)19-7-13-14(6-11(19)8-20)18(2)9-16-13/h3-5,9,11,20H,6-8H2,1-2H3. The summed E-state index contributed by atoms with van der Waals surface area (Å²) in [5.74, 6) is -0.158. The molecule has 1 unspecified atom stereocenters. The Morgan fingerprint density at radius 3 is 3.00 bits per heavy atom. The van der Waals surface area contributed by atoms with Crippen molar-refractivity contribution in [2.45, 2.75) is 25.9 Å². The Bertz CT molecular complexity index is 680. The van der Waals surface area contributed by atoms with Crippen LogP contribution in [0.5, 0.6) is 0 Å². The Labute approximate surface area is 123 Å². The van der Waals surface area contributed by atoms with Gasteiger partial charge in [-0.25, -0.2) is 9.97 Å². The van der Waals surface area contributed by atoms with Gasteiger partial charge < -0.3 is 14.6 Å². The summed E-state index contributed by atoms with van der Waals surface area (Å²) >= 11 is 0. The van der Waals surface area contributed by atoms with Gasteiger partial charge in [-0.3, -0.25) is 4.79 Å². The number of hydrogen-bond donors (Lipinski definition) is 1. The molecule has 1 aliphatic rings. The molecule has 1 N–H and O–H groups in total. The number of carbonyl (C=O) groups excluding carboxylic acids is 1. The summed E-state index contributed by atoms with van der Waals surface area (Å²) in [4.78, 5) is 22.9. The molecule has 0 bridgehead atoms. The van der Waals surface area contributed by atoms with E-state index < -0.39 is 0 Å². The second-order valence-corrected chi connectivity index (χ2v) is 5.39. The lowest BCUT2D eigenvalue weighted by Crippen LogP contribution is -2.46. The molecule has 110 valence electrons. The third-order valence-corrected chi connectivity index (χ3v) is 3.91. The minimum atomic E-state index is -0.234. The molecule has 1 aliphatic heterocycles. The number of pyridine rings is 1. The van der Waals surface area contributed by atoms with E-state index in [0.717, 1.165) is 17.1 Å². The second-order valence-electron chi connectivity index (χ2n) is 5.39. The molecule has 1 atom stereocenters. The lowest BCUT2D eigenvalue weighted by molar-refractivity contribution is 0.0530. The first kappa shape index (κ1) is 13.8. The van der Waals surface area contributed by atoms with Gasteiger partial charge in [0.15, 0.2) is 0 Å². The number of aryl methyl sites for hydroxylation is 2. The van der Waals surface area contributed by atoms with E-state index in [1.807, 2.05) is 30.7 Å². The van der Waals surface area contributed by atoms with Gasteiger partial charge in [0, 0.05) is 24.9 Å². The molecule has 0 aromatic carbocycles. The average Bonchev–Trinajstić information content (AvgIpc) is 2.86. The summed E-state index contributed by atoms with van der Waals surface area (Å²) in [6, 6.07) is 5.15. The van der Waals surface area contributed by atoms with Gasteiger partial charge >= 0.3 is 0 Å². The van der Waals surface area contributed by atoms with Crippen LogP contribution < -0.4 is 0 Å². The number of fused-ring (bicyclic) bond motifs is 1. The zero-order valence-corrected chi connectivity index (χ0v) is 12.2. The van der Waals surface area contributed by atoms with Gasteiger partial charge in [0.25, 0.3) is 5.91 Å². The van der Waals surface area contributed by atoms with Crippen molar-refractivity contribution >= 4 is 5.91 Å². The van der Waals surface area contributed by atoms with E-state index >= 15 is 0 Å². The molecule has 6 heteroatoms. The van der Waals surface area contributed by atoms with Crippen LogP contribution in [0.3, 0.4) is 0 Å². The molecule has 0 aliphatic carbocycles. The van der Waals surface area contributed by atoms with E-state index in [2.05, 4.69) is 9.97 Å². The molecule has 0 fully saturated rings. The van der Waals surface area contributed by atoms with Gasteiger partial charge in [-0.2, -0.15) is 0 Å². The fourth-order valence-corrected chi connectivity index (χ4v) is 2.73. The van der Waals surface area contributed by atoms with Crippen LogP contribution >= 0.6 is 0 Å². The maximum Gasteiger partial charge on any atom is 0.273 e. The smallest absolute Gasteiger partial charge is 0.273 e. The van der Waals surface area contributed by atoms with E-state index in [1.165, 1.54) is 0 Å². The average molecular weight is 286 g/mol. The van der Waals surface area contributed by atoms with Crippen LogP contribution in [0.25, 0.3) is 0 Å². The summed E-state index contributed by atoms with van der Waals surface area (Å²) in [5, 5.41) is 9.62. The first-order chi connectivity index (χ1) is 10.1. The van der Waals surface area contributed by atoms with E-state index in [-0.39, 0.29) is 18.6 Å². The van der Waals surface area contributed by atoms with Crippen molar-refractivity contribution in [1.82, 2.24) is 19.4 Å². The predicted molar refractivity (Wildman–Crippen MR) is 76.6 cm³/mol. The van der Waals surface area contributed by atoms with Crippen LogP contribution in [0.15, 0.2) is 24.5 Å². The Kier molecular flexibility index (Phi) is 3.47. The molecule has 2 aromatic heterocycles. The SMILES string of the molecule is Cc1cccc(C(=O)N2Cc3ncn(C)c3CC2CO)n1. The largest absolute Gasteiger partial charge is 0.394 e.